The Morgan fingerprint density at radius 3 is 2.10 bits per heavy atom. The first-order valence-electron chi connectivity index (χ1n) is 14.1. The highest BCUT2D eigenvalue weighted by molar-refractivity contribution is 5.87. The van der Waals surface area contributed by atoms with Gasteiger partial charge in [-0.3, -0.25) is 14.7 Å². The zero-order valence-corrected chi connectivity index (χ0v) is 23.8. The van der Waals surface area contributed by atoms with Crippen LogP contribution in [0.3, 0.4) is 0 Å². The molecule has 0 bridgehead atoms. The third-order valence-electron chi connectivity index (χ3n) is 7.01. The van der Waals surface area contributed by atoms with E-state index in [1.54, 1.807) is 13.1 Å². The maximum absolute atomic E-state index is 13.6. The van der Waals surface area contributed by atoms with E-state index in [0.29, 0.717) is 19.6 Å². The summed E-state index contributed by atoms with van der Waals surface area (Å²) in [6, 6.07) is 29.6. The molecule has 1 saturated heterocycles. The SMILES string of the molecule is C/C=C/C(=O)O.O=C(C(c1ccccc1)c1ccccc1)N1CCN(CC(O)COc2cccc3ncccc23)CC1. The van der Waals surface area contributed by atoms with Crippen LogP contribution in [0.15, 0.2) is 109 Å². The monoisotopic (exact) mass is 567 g/mol. The quantitative estimate of drug-likeness (QED) is 0.285. The molecule has 1 aromatic heterocycles. The summed E-state index contributed by atoms with van der Waals surface area (Å²) in [5.41, 5.74) is 2.88. The molecule has 1 amide bonds. The Balaban J connectivity index is 0.000000612. The average molecular weight is 568 g/mol. The minimum atomic E-state index is -0.891. The first kappa shape index (κ1) is 30.4. The second-order valence-corrected chi connectivity index (χ2v) is 10.0. The Bertz CT molecular complexity index is 1410. The minimum absolute atomic E-state index is 0.125. The molecule has 8 nitrogen and oxygen atoms in total. The van der Waals surface area contributed by atoms with Crippen LogP contribution in [-0.4, -0.2) is 82.3 Å². The molecule has 0 saturated carbocycles. The first-order valence-corrected chi connectivity index (χ1v) is 14.1. The van der Waals surface area contributed by atoms with E-state index in [9.17, 15) is 14.7 Å². The van der Waals surface area contributed by atoms with E-state index in [0.717, 1.165) is 46.9 Å². The Morgan fingerprint density at radius 2 is 1.52 bits per heavy atom. The van der Waals surface area contributed by atoms with Crippen molar-refractivity contribution in [2.45, 2.75) is 18.9 Å². The van der Waals surface area contributed by atoms with Gasteiger partial charge in [0.25, 0.3) is 0 Å². The van der Waals surface area contributed by atoms with Gasteiger partial charge >= 0.3 is 5.97 Å². The number of aliphatic hydroxyl groups excluding tert-OH is 1. The number of carbonyl (C=O) groups is 2. The van der Waals surface area contributed by atoms with Crippen LogP contribution in [0, 0.1) is 0 Å². The van der Waals surface area contributed by atoms with Crippen LogP contribution in [0.1, 0.15) is 24.0 Å². The number of amides is 1. The van der Waals surface area contributed by atoms with Gasteiger partial charge in [0, 0.05) is 50.4 Å². The Labute approximate surface area is 246 Å². The van der Waals surface area contributed by atoms with Gasteiger partial charge in [0.15, 0.2) is 0 Å². The number of carboxylic acids is 1. The van der Waals surface area contributed by atoms with E-state index in [1.807, 2.05) is 95.9 Å². The summed E-state index contributed by atoms with van der Waals surface area (Å²) in [4.78, 5) is 31.6. The van der Waals surface area contributed by atoms with E-state index in [2.05, 4.69) is 9.88 Å². The van der Waals surface area contributed by atoms with Crippen molar-refractivity contribution in [3.8, 4) is 5.75 Å². The fourth-order valence-electron chi connectivity index (χ4n) is 4.98. The zero-order chi connectivity index (χ0) is 29.7. The highest BCUT2D eigenvalue weighted by Gasteiger charge is 2.30. The van der Waals surface area contributed by atoms with Crippen molar-refractivity contribution in [1.82, 2.24) is 14.8 Å². The predicted octanol–water partition coefficient (Wildman–Crippen LogP) is 4.60. The number of aliphatic carboxylic acids is 1. The van der Waals surface area contributed by atoms with Gasteiger partial charge in [-0.05, 0) is 42.3 Å². The molecule has 5 rings (SSSR count). The average Bonchev–Trinajstić information content (AvgIpc) is 3.02. The van der Waals surface area contributed by atoms with Crippen LogP contribution in [0.4, 0.5) is 0 Å². The fraction of sp³-hybridized carbons (Fsp3) is 0.265. The van der Waals surface area contributed by atoms with Crippen molar-refractivity contribution >= 4 is 22.8 Å². The van der Waals surface area contributed by atoms with Gasteiger partial charge in [-0.2, -0.15) is 0 Å². The number of fused-ring (bicyclic) bond motifs is 1. The number of hydrogen-bond donors (Lipinski definition) is 2. The lowest BCUT2D eigenvalue weighted by Crippen LogP contribution is -2.52. The number of β-amino-alcohol motifs (C(OH)–C–C–N with tert-alkyl or cyclic N) is 1. The lowest BCUT2D eigenvalue weighted by Gasteiger charge is -2.37. The van der Waals surface area contributed by atoms with Crippen molar-refractivity contribution < 1.29 is 24.5 Å². The molecule has 2 heterocycles. The standard InChI is InChI=1S/C30H31N3O3.C4H6O2/c34-25(22-36-28-15-7-14-27-26(28)13-8-16-31-27)21-32-17-19-33(20-18-32)30(35)29(23-9-3-1-4-10-23)24-11-5-2-6-12-24;1-2-3-4(5)6/h1-16,25,29,34H,17-22H2;2-3H,1H3,(H,5,6)/b;3-2+. The van der Waals surface area contributed by atoms with Gasteiger partial charge in [-0.25, -0.2) is 4.79 Å². The van der Waals surface area contributed by atoms with Crippen molar-refractivity contribution in [2.24, 2.45) is 0 Å². The van der Waals surface area contributed by atoms with Crippen LogP contribution in [0.25, 0.3) is 10.9 Å². The normalized spacial score (nSPS) is 14.4. The number of benzene rings is 3. The van der Waals surface area contributed by atoms with E-state index in [1.165, 1.54) is 6.08 Å². The van der Waals surface area contributed by atoms with E-state index in [4.69, 9.17) is 9.84 Å². The molecule has 1 fully saturated rings. The van der Waals surface area contributed by atoms with E-state index < -0.39 is 12.1 Å². The molecule has 4 aromatic rings. The molecule has 1 aliphatic heterocycles. The van der Waals surface area contributed by atoms with Crippen molar-refractivity contribution in [3.63, 3.8) is 0 Å². The largest absolute Gasteiger partial charge is 0.490 e. The van der Waals surface area contributed by atoms with E-state index >= 15 is 0 Å². The third-order valence-corrected chi connectivity index (χ3v) is 7.01. The molecular formula is C34H37N3O5. The first-order chi connectivity index (χ1) is 20.5. The molecule has 42 heavy (non-hydrogen) atoms. The smallest absolute Gasteiger partial charge is 0.327 e. The maximum atomic E-state index is 13.6. The summed E-state index contributed by atoms with van der Waals surface area (Å²) in [5, 5.41) is 19.4. The number of rotatable bonds is 9. The molecule has 8 heteroatoms. The second kappa shape index (κ2) is 15.5. The van der Waals surface area contributed by atoms with Crippen LogP contribution in [-0.2, 0) is 9.59 Å². The van der Waals surface area contributed by atoms with Gasteiger partial charge in [0.2, 0.25) is 5.91 Å². The van der Waals surface area contributed by atoms with Crippen LogP contribution >= 0.6 is 0 Å². The van der Waals surface area contributed by atoms with Gasteiger partial charge < -0.3 is 19.8 Å². The summed E-state index contributed by atoms with van der Waals surface area (Å²) in [7, 11) is 0. The number of nitrogens with zero attached hydrogens (tertiary/aromatic N) is 3. The number of allylic oxidation sites excluding steroid dienone is 1. The summed E-state index contributed by atoms with van der Waals surface area (Å²) >= 11 is 0. The van der Waals surface area contributed by atoms with Crippen LogP contribution in [0.2, 0.25) is 0 Å². The van der Waals surface area contributed by atoms with Crippen molar-refractivity contribution in [3.05, 3.63) is 120 Å². The highest BCUT2D eigenvalue weighted by Crippen LogP contribution is 2.27. The Kier molecular flexibility index (Phi) is 11.2. The zero-order valence-electron chi connectivity index (χ0n) is 23.8. The molecule has 0 spiro atoms. The third kappa shape index (κ3) is 8.49. The topological polar surface area (TPSA) is 103 Å². The summed E-state index contributed by atoms with van der Waals surface area (Å²) < 4.78 is 5.93. The maximum Gasteiger partial charge on any atom is 0.327 e. The van der Waals surface area contributed by atoms with Crippen molar-refractivity contribution in [1.29, 1.82) is 0 Å². The van der Waals surface area contributed by atoms with Crippen LogP contribution < -0.4 is 4.74 Å². The van der Waals surface area contributed by atoms with E-state index in [-0.39, 0.29) is 18.4 Å². The number of hydrogen-bond acceptors (Lipinski definition) is 6. The number of aliphatic hydroxyl groups is 1. The molecule has 1 aliphatic rings. The number of carbonyl (C=O) groups excluding carboxylic acids is 1. The number of ether oxygens (including phenoxy) is 1. The summed E-state index contributed by atoms with van der Waals surface area (Å²) in [6.45, 7) is 5.08. The lowest BCUT2D eigenvalue weighted by molar-refractivity contribution is -0.134. The van der Waals surface area contributed by atoms with Gasteiger partial charge in [-0.1, -0.05) is 72.8 Å². The summed E-state index contributed by atoms with van der Waals surface area (Å²) in [6.07, 6.45) is 3.69. The number of aromatic nitrogens is 1. The molecule has 0 aliphatic carbocycles. The lowest BCUT2D eigenvalue weighted by atomic mass is 9.90. The van der Waals surface area contributed by atoms with Gasteiger partial charge in [-0.15, -0.1) is 0 Å². The fourth-order valence-corrected chi connectivity index (χ4v) is 4.98. The van der Waals surface area contributed by atoms with Gasteiger partial charge in [0.1, 0.15) is 18.5 Å². The second-order valence-electron chi connectivity index (χ2n) is 10.0. The number of piperazine rings is 1. The van der Waals surface area contributed by atoms with Crippen LogP contribution in [0.5, 0.6) is 5.75 Å². The molecular weight excluding hydrogens is 530 g/mol. The predicted molar refractivity (Wildman–Crippen MR) is 163 cm³/mol. The molecule has 218 valence electrons. The molecule has 2 N–H and O–H groups in total. The Hall–Kier alpha value is -4.53. The number of carboxylic acid groups (broad SMARTS) is 1. The highest BCUT2D eigenvalue weighted by atomic mass is 16.5. The van der Waals surface area contributed by atoms with Crippen molar-refractivity contribution in [2.75, 3.05) is 39.3 Å². The Morgan fingerprint density at radius 1 is 0.881 bits per heavy atom. The molecule has 0 radical (unpaired) electrons. The minimum Gasteiger partial charge on any atom is -0.490 e. The molecule has 1 unspecified atom stereocenters. The molecule has 3 aromatic carbocycles. The summed E-state index contributed by atoms with van der Waals surface area (Å²) in [5.74, 6) is -0.353. The molecule has 1 atom stereocenters. The van der Waals surface area contributed by atoms with Gasteiger partial charge in [0.05, 0.1) is 11.4 Å². The number of pyridine rings is 1.